The normalized spacial score (nSPS) is 19.9. The van der Waals surface area contributed by atoms with Gasteiger partial charge >= 0.3 is 0 Å². The maximum atomic E-state index is 13.1. The molecule has 1 heterocycles. The molecule has 0 aliphatic carbocycles. The summed E-state index contributed by atoms with van der Waals surface area (Å²) in [6, 6.07) is 4.91. The molecule has 0 bridgehead atoms. The minimum absolute atomic E-state index is 0.196. The number of hydrogen-bond acceptors (Lipinski definition) is 2. The number of ether oxygens (including phenoxy) is 1. The summed E-state index contributed by atoms with van der Waals surface area (Å²) in [5.41, 5.74) is 1.04. The van der Waals surface area contributed by atoms with Crippen LogP contribution in [0.3, 0.4) is 0 Å². The molecule has 1 aromatic carbocycles. The first kappa shape index (κ1) is 14.8. The summed E-state index contributed by atoms with van der Waals surface area (Å²) >= 11 is 5.78. The van der Waals surface area contributed by atoms with Crippen molar-refractivity contribution in [1.29, 1.82) is 0 Å². The largest absolute Gasteiger partial charge is 0.378 e. The van der Waals surface area contributed by atoms with Crippen molar-refractivity contribution in [2.24, 2.45) is 0 Å². The van der Waals surface area contributed by atoms with Gasteiger partial charge in [0, 0.05) is 19.7 Å². The average Bonchev–Trinajstić information content (AvgIpc) is 2.42. The highest BCUT2D eigenvalue weighted by Crippen LogP contribution is 2.18. The van der Waals surface area contributed by atoms with Crippen LogP contribution in [0.2, 0.25) is 5.02 Å². The monoisotopic (exact) mass is 285 g/mol. The Balaban J connectivity index is 1.76. The van der Waals surface area contributed by atoms with Crippen molar-refractivity contribution >= 4 is 11.6 Å². The van der Waals surface area contributed by atoms with E-state index < -0.39 is 0 Å². The molecule has 0 amide bonds. The van der Waals surface area contributed by atoms with E-state index in [0.29, 0.717) is 6.10 Å². The Morgan fingerprint density at radius 3 is 2.95 bits per heavy atom. The molecule has 0 aromatic heterocycles. The first-order valence-corrected chi connectivity index (χ1v) is 7.27. The molecule has 1 fully saturated rings. The molecule has 1 saturated heterocycles. The molecule has 19 heavy (non-hydrogen) atoms. The van der Waals surface area contributed by atoms with Crippen LogP contribution in [0.5, 0.6) is 0 Å². The van der Waals surface area contributed by atoms with Crippen molar-refractivity contribution in [2.75, 3.05) is 20.2 Å². The Morgan fingerprint density at radius 1 is 1.42 bits per heavy atom. The van der Waals surface area contributed by atoms with E-state index in [1.807, 2.05) is 0 Å². The Labute approximate surface area is 119 Å². The molecule has 1 aliphatic rings. The Kier molecular flexibility index (Phi) is 5.61. The lowest BCUT2D eigenvalue weighted by Gasteiger charge is -2.25. The van der Waals surface area contributed by atoms with Crippen LogP contribution in [-0.4, -0.2) is 31.2 Å². The van der Waals surface area contributed by atoms with E-state index in [2.05, 4.69) is 11.9 Å². The summed E-state index contributed by atoms with van der Waals surface area (Å²) < 4.78 is 18.8. The van der Waals surface area contributed by atoms with E-state index in [1.54, 1.807) is 12.1 Å². The number of rotatable bonds is 5. The Hall–Kier alpha value is -0.640. The fourth-order valence-corrected chi connectivity index (χ4v) is 2.63. The molecule has 0 N–H and O–H groups in total. The fraction of sp³-hybridized carbons (Fsp3) is 0.600. The van der Waals surface area contributed by atoms with Crippen molar-refractivity contribution in [1.82, 2.24) is 4.90 Å². The molecule has 1 aliphatic heterocycles. The third-order valence-corrected chi connectivity index (χ3v) is 3.83. The zero-order valence-electron chi connectivity index (χ0n) is 11.4. The van der Waals surface area contributed by atoms with E-state index in [-0.39, 0.29) is 10.8 Å². The highest BCUT2D eigenvalue weighted by Gasteiger charge is 2.14. The second-order valence-electron chi connectivity index (χ2n) is 5.26. The molecule has 0 unspecified atom stereocenters. The van der Waals surface area contributed by atoms with Gasteiger partial charge in [-0.05, 0) is 50.4 Å². The zero-order chi connectivity index (χ0) is 13.7. The SMILES string of the molecule is CN(CC[C@@H]1CCCCO1)Cc1ccc(F)c(Cl)c1. The van der Waals surface area contributed by atoms with Gasteiger partial charge in [-0.1, -0.05) is 17.7 Å². The van der Waals surface area contributed by atoms with Crippen molar-refractivity contribution in [3.63, 3.8) is 0 Å². The second-order valence-corrected chi connectivity index (χ2v) is 5.67. The standard InChI is InChI=1S/C15H21ClFNO/c1-18(8-7-13-4-2-3-9-19-13)11-12-5-6-15(17)14(16)10-12/h5-6,10,13H,2-4,7-9,11H2,1H3/t13-/m0/s1. The summed E-state index contributed by atoms with van der Waals surface area (Å²) in [5, 5.41) is 0.196. The maximum Gasteiger partial charge on any atom is 0.141 e. The quantitative estimate of drug-likeness (QED) is 0.814. The first-order chi connectivity index (χ1) is 9.15. The van der Waals surface area contributed by atoms with Crippen LogP contribution >= 0.6 is 11.6 Å². The van der Waals surface area contributed by atoms with Gasteiger partial charge in [0.1, 0.15) is 5.82 Å². The molecular weight excluding hydrogens is 265 g/mol. The van der Waals surface area contributed by atoms with Crippen molar-refractivity contribution < 1.29 is 9.13 Å². The molecule has 0 radical (unpaired) electrons. The molecule has 0 spiro atoms. The van der Waals surface area contributed by atoms with Crippen molar-refractivity contribution in [3.8, 4) is 0 Å². The third kappa shape index (κ3) is 4.75. The van der Waals surface area contributed by atoms with Crippen LogP contribution in [-0.2, 0) is 11.3 Å². The number of nitrogens with zero attached hydrogens (tertiary/aromatic N) is 1. The number of halogens is 2. The number of hydrogen-bond donors (Lipinski definition) is 0. The van der Waals surface area contributed by atoms with E-state index in [0.717, 1.165) is 31.7 Å². The minimum atomic E-state index is -0.358. The number of benzene rings is 1. The second kappa shape index (κ2) is 7.22. The highest BCUT2D eigenvalue weighted by molar-refractivity contribution is 6.30. The highest BCUT2D eigenvalue weighted by atomic mass is 35.5. The summed E-state index contributed by atoms with van der Waals surface area (Å²) in [4.78, 5) is 2.22. The van der Waals surface area contributed by atoms with E-state index in [1.165, 1.54) is 25.3 Å². The van der Waals surface area contributed by atoms with Gasteiger partial charge in [0.05, 0.1) is 11.1 Å². The molecule has 1 atom stereocenters. The van der Waals surface area contributed by atoms with Gasteiger partial charge in [-0.3, -0.25) is 0 Å². The third-order valence-electron chi connectivity index (χ3n) is 3.54. The molecule has 2 rings (SSSR count). The van der Waals surface area contributed by atoms with Crippen molar-refractivity contribution in [3.05, 3.63) is 34.6 Å². The Morgan fingerprint density at radius 2 is 2.26 bits per heavy atom. The predicted molar refractivity (Wildman–Crippen MR) is 76.0 cm³/mol. The van der Waals surface area contributed by atoms with Gasteiger partial charge in [-0.25, -0.2) is 4.39 Å². The summed E-state index contributed by atoms with van der Waals surface area (Å²) in [6.07, 6.45) is 5.12. The Bertz CT molecular complexity index is 407. The van der Waals surface area contributed by atoms with Crippen LogP contribution in [0, 0.1) is 5.82 Å². The lowest BCUT2D eigenvalue weighted by atomic mass is 10.1. The average molecular weight is 286 g/mol. The minimum Gasteiger partial charge on any atom is -0.378 e. The predicted octanol–water partition coefficient (Wildman–Crippen LogP) is 3.87. The van der Waals surface area contributed by atoms with Gasteiger partial charge in [0.2, 0.25) is 0 Å². The summed E-state index contributed by atoms with van der Waals surface area (Å²) in [6.45, 7) is 2.67. The van der Waals surface area contributed by atoms with Crippen LogP contribution in [0.15, 0.2) is 18.2 Å². The van der Waals surface area contributed by atoms with Crippen molar-refractivity contribution in [2.45, 2.75) is 38.3 Å². The fourth-order valence-electron chi connectivity index (χ4n) is 2.43. The smallest absolute Gasteiger partial charge is 0.141 e. The molecule has 2 nitrogen and oxygen atoms in total. The van der Waals surface area contributed by atoms with E-state index in [4.69, 9.17) is 16.3 Å². The summed E-state index contributed by atoms with van der Waals surface area (Å²) in [5.74, 6) is -0.358. The summed E-state index contributed by atoms with van der Waals surface area (Å²) in [7, 11) is 2.07. The van der Waals surface area contributed by atoms with Crippen LogP contribution < -0.4 is 0 Å². The van der Waals surface area contributed by atoms with E-state index in [9.17, 15) is 4.39 Å². The van der Waals surface area contributed by atoms with Gasteiger partial charge in [-0.2, -0.15) is 0 Å². The zero-order valence-corrected chi connectivity index (χ0v) is 12.1. The van der Waals surface area contributed by atoms with Gasteiger partial charge in [-0.15, -0.1) is 0 Å². The van der Waals surface area contributed by atoms with Gasteiger partial charge in [0.25, 0.3) is 0 Å². The topological polar surface area (TPSA) is 12.5 Å². The van der Waals surface area contributed by atoms with E-state index >= 15 is 0 Å². The van der Waals surface area contributed by atoms with Crippen LogP contribution in [0.1, 0.15) is 31.2 Å². The lowest BCUT2D eigenvalue weighted by molar-refractivity contribution is 0.00641. The molecule has 1 aromatic rings. The molecule has 0 saturated carbocycles. The maximum absolute atomic E-state index is 13.1. The van der Waals surface area contributed by atoms with Crippen LogP contribution in [0.25, 0.3) is 0 Å². The lowest BCUT2D eigenvalue weighted by Crippen LogP contribution is -2.26. The van der Waals surface area contributed by atoms with Crippen LogP contribution in [0.4, 0.5) is 4.39 Å². The molecular formula is C15H21ClFNO. The molecule has 106 valence electrons. The molecule has 4 heteroatoms. The first-order valence-electron chi connectivity index (χ1n) is 6.89. The van der Waals surface area contributed by atoms with Gasteiger partial charge in [0.15, 0.2) is 0 Å². The van der Waals surface area contributed by atoms with Gasteiger partial charge < -0.3 is 9.64 Å².